The number of primary amides is 1. The second kappa shape index (κ2) is 11.3. The molecule has 1 aliphatic heterocycles. The maximum atomic E-state index is 13.0. The lowest BCUT2D eigenvalue weighted by Crippen LogP contribution is -2.36. The Morgan fingerprint density at radius 2 is 1.71 bits per heavy atom. The van der Waals surface area contributed by atoms with Crippen LogP contribution in [0.4, 0.5) is 9.80 Å². The number of nitrogens with two attached hydrogens (primary N) is 1. The molecule has 0 unspecified atom stereocenters. The molecule has 2 heterocycles. The molecule has 0 spiro atoms. The summed E-state index contributed by atoms with van der Waals surface area (Å²) in [5, 5.41) is 5.17. The maximum Gasteiger partial charge on any atom is 0.319 e. The summed E-state index contributed by atoms with van der Waals surface area (Å²) in [5.41, 5.74) is 6.40. The van der Waals surface area contributed by atoms with Gasteiger partial charge in [-0.3, -0.25) is 14.9 Å². The minimum absolute atomic E-state index is 0.118. The van der Waals surface area contributed by atoms with Gasteiger partial charge in [-0.15, -0.1) is 11.3 Å². The summed E-state index contributed by atoms with van der Waals surface area (Å²) < 4.78 is 27.4. The molecule has 1 aliphatic rings. The van der Waals surface area contributed by atoms with Crippen LogP contribution in [-0.2, 0) is 23.0 Å². The van der Waals surface area contributed by atoms with Crippen LogP contribution in [0, 0.1) is 0 Å². The van der Waals surface area contributed by atoms with Crippen LogP contribution in [0.3, 0.4) is 0 Å². The van der Waals surface area contributed by atoms with Crippen molar-refractivity contribution in [2.24, 2.45) is 5.73 Å². The third-order valence-corrected chi connectivity index (χ3v) is 8.68. The van der Waals surface area contributed by atoms with Gasteiger partial charge >= 0.3 is 6.03 Å². The van der Waals surface area contributed by atoms with Gasteiger partial charge in [0.1, 0.15) is 5.00 Å². The fourth-order valence-corrected chi connectivity index (χ4v) is 6.93. The van der Waals surface area contributed by atoms with Crippen molar-refractivity contribution in [2.45, 2.75) is 44.6 Å². The lowest BCUT2D eigenvalue weighted by Gasteiger charge is -2.22. The largest absolute Gasteiger partial charge is 0.351 e. The molecule has 3 rings (SSSR count). The first kappa shape index (κ1) is 26.8. The van der Waals surface area contributed by atoms with E-state index in [1.165, 1.54) is 39.9 Å². The summed E-state index contributed by atoms with van der Waals surface area (Å²) in [6, 6.07) is 4.75. The standard InChI is InChI=1S/C23H31N5O5S2/c1-4-11-28(12-5-2)35(32,33)16-8-6-15(7-9-16)20(29)25-22-19(21(30)26-23(24)31)17-10-13-27(3)14-18(17)34-22/h6-9H,4-5,10-14H2,1-3H3,(H,25,29)(H3,24,26,30,31). The summed E-state index contributed by atoms with van der Waals surface area (Å²) >= 11 is 1.28. The molecule has 0 fully saturated rings. The van der Waals surface area contributed by atoms with Gasteiger partial charge in [-0.05, 0) is 56.1 Å². The van der Waals surface area contributed by atoms with Crippen LogP contribution in [0.15, 0.2) is 29.2 Å². The zero-order chi connectivity index (χ0) is 25.8. The number of hydrogen-bond acceptors (Lipinski definition) is 7. The Morgan fingerprint density at radius 1 is 1.09 bits per heavy atom. The zero-order valence-corrected chi connectivity index (χ0v) is 21.7. The lowest BCUT2D eigenvalue weighted by atomic mass is 10.0. The molecule has 0 saturated heterocycles. The van der Waals surface area contributed by atoms with Gasteiger partial charge in [0.2, 0.25) is 10.0 Å². The molecule has 2 aromatic rings. The summed E-state index contributed by atoms with van der Waals surface area (Å²) in [4.78, 5) is 40.1. The number of thiophene rings is 1. The number of rotatable bonds is 9. The second-order valence-electron chi connectivity index (χ2n) is 8.40. The zero-order valence-electron chi connectivity index (χ0n) is 20.1. The van der Waals surface area contributed by atoms with Crippen molar-refractivity contribution in [1.29, 1.82) is 0 Å². The number of anilines is 1. The molecule has 1 aromatic heterocycles. The first-order chi connectivity index (χ1) is 16.6. The van der Waals surface area contributed by atoms with Gasteiger partial charge in [-0.1, -0.05) is 13.8 Å². The number of sulfonamides is 1. The van der Waals surface area contributed by atoms with Gasteiger partial charge in [0.25, 0.3) is 11.8 Å². The fraction of sp³-hybridized carbons (Fsp3) is 0.435. The first-order valence-electron chi connectivity index (χ1n) is 11.4. The van der Waals surface area contributed by atoms with Crippen molar-refractivity contribution >= 4 is 44.2 Å². The number of imide groups is 1. The van der Waals surface area contributed by atoms with Crippen molar-refractivity contribution in [3.05, 3.63) is 45.8 Å². The molecule has 0 atom stereocenters. The highest BCUT2D eigenvalue weighted by atomic mass is 32.2. The van der Waals surface area contributed by atoms with Crippen LogP contribution in [0.1, 0.15) is 57.8 Å². The van der Waals surface area contributed by atoms with E-state index in [4.69, 9.17) is 5.73 Å². The molecule has 4 amide bonds. The Balaban J connectivity index is 1.86. The average Bonchev–Trinajstić information content (AvgIpc) is 3.15. The van der Waals surface area contributed by atoms with Crippen molar-refractivity contribution in [3.63, 3.8) is 0 Å². The number of hydrogen-bond donors (Lipinski definition) is 3. The van der Waals surface area contributed by atoms with E-state index >= 15 is 0 Å². The van der Waals surface area contributed by atoms with E-state index in [1.807, 2.05) is 20.9 Å². The van der Waals surface area contributed by atoms with E-state index in [9.17, 15) is 22.8 Å². The summed E-state index contributed by atoms with van der Waals surface area (Å²) in [7, 11) is -1.70. The number of fused-ring (bicyclic) bond motifs is 1. The smallest absolute Gasteiger partial charge is 0.319 e. The Bertz CT molecular complexity index is 1200. The van der Waals surface area contributed by atoms with Crippen LogP contribution in [-0.4, -0.2) is 62.2 Å². The molecule has 0 aliphatic carbocycles. The lowest BCUT2D eigenvalue weighted by molar-refractivity contribution is 0.0966. The number of benzene rings is 1. The second-order valence-corrected chi connectivity index (χ2v) is 11.4. The Kier molecular flexibility index (Phi) is 8.65. The third kappa shape index (κ3) is 6.07. The molecule has 0 saturated carbocycles. The molecule has 0 radical (unpaired) electrons. The van der Waals surface area contributed by atoms with Gasteiger partial charge in [0.05, 0.1) is 10.5 Å². The summed E-state index contributed by atoms with van der Waals surface area (Å²) in [6.45, 7) is 6.04. The minimum atomic E-state index is -3.66. The number of nitrogens with one attached hydrogen (secondary N) is 2. The number of carbonyl (C=O) groups is 3. The van der Waals surface area contributed by atoms with E-state index in [1.54, 1.807) is 0 Å². The minimum Gasteiger partial charge on any atom is -0.351 e. The third-order valence-electron chi connectivity index (χ3n) is 5.64. The Labute approximate surface area is 209 Å². The highest BCUT2D eigenvalue weighted by molar-refractivity contribution is 7.89. The first-order valence-corrected chi connectivity index (χ1v) is 13.7. The van der Waals surface area contributed by atoms with Crippen molar-refractivity contribution in [2.75, 3.05) is 32.0 Å². The van der Waals surface area contributed by atoms with E-state index < -0.39 is 27.9 Å². The van der Waals surface area contributed by atoms with E-state index in [0.29, 0.717) is 43.9 Å². The molecule has 1 aromatic carbocycles. The van der Waals surface area contributed by atoms with Gasteiger partial charge in [0, 0.05) is 36.6 Å². The van der Waals surface area contributed by atoms with Crippen LogP contribution in [0.5, 0.6) is 0 Å². The van der Waals surface area contributed by atoms with Gasteiger partial charge < -0.3 is 16.0 Å². The average molecular weight is 522 g/mol. The van der Waals surface area contributed by atoms with Crippen LogP contribution < -0.4 is 16.4 Å². The number of likely N-dealkylation sites (N-methyl/N-ethyl adjacent to an activating group) is 1. The monoisotopic (exact) mass is 521 g/mol. The number of carbonyl (C=O) groups excluding carboxylic acids is 3. The molecule has 4 N–H and O–H groups in total. The van der Waals surface area contributed by atoms with E-state index in [-0.39, 0.29) is 16.0 Å². The SMILES string of the molecule is CCCN(CCC)S(=O)(=O)c1ccc(C(=O)Nc2sc3c(c2C(=O)NC(N)=O)CCN(C)C3)cc1. The van der Waals surface area contributed by atoms with Gasteiger partial charge in [0.15, 0.2) is 0 Å². The highest BCUT2D eigenvalue weighted by Gasteiger charge is 2.29. The molecular weight excluding hydrogens is 490 g/mol. The maximum absolute atomic E-state index is 13.0. The van der Waals surface area contributed by atoms with Gasteiger partial charge in [-0.2, -0.15) is 4.31 Å². The molecule has 35 heavy (non-hydrogen) atoms. The number of amides is 4. The molecule has 10 nitrogen and oxygen atoms in total. The van der Waals surface area contributed by atoms with Gasteiger partial charge in [-0.25, -0.2) is 13.2 Å². The number of nitrogens with zero attached hydrogens (tertiary/aromatic N) is 2. The summed E-state index contributed by atoms with van der Waals surface area (Å²) in [5.74, 6) is -1.16. The van der Waals surface area contributed by atoms with Crippen LogP contribution in [0.25, 0.3) is 0 Å². The Hall–Kier alpha value is -2.80. The molecule has 0 bridgehead atoms. The van der Waals surface area contributed by atoms with Crippen molar-refractivity contribution in [3.8, 4) is 0 Å². The quantitative estimate of drug-likeness (QED) is 0.463. The predicted molar refractivity (Wildman–Crippen MR) is 135 cm³/mol. The van der Waals surface area contributed by atoms with Crippen LogP contribution in [0.2, 0.25) is 0 Å². The van der Waals surface area contributed by atoms with Crippen molar-refractivity contribution < 1.29 is 22.8 Å². The fourth-order valence-electron chi connectivity index (χ4n) is 3.99. The molecule has 12 heteroatoms. The normalized spacial score (nSPS) is 13.9. The predicted octanol–water partition coefficient (Wildman–Crippen LogP) is 2.61. The highest BCUT2D eigenvalue weighted by Crippen LogP contribution is 2.37. The van der Waals surface area contributed by atoms with Crippen molar-refractivity contribution in [1.82, 2.24) is 14.5 Å². The molecular formula is C23H31N5O5S2. The van der Waals surface area contributed by atoms with E-state index in [2.05, 4.69) is 15.5 Å². The summed E-state index contributed by atoms with van der Waals surface area (Å²) in [6.07, 6.45) is 2.00. The molecule has 190 valence electrons. The van der Waals surface area contributed by atoms with Crippen LogP contribution >= 0.6 is 11.3 Å². The van der Waals surface area contributed by atoms with E-state index in [0.717, 1.165) is 17.0 Å². The Morgan fingerprint density at radius 3 is 2.29 bits per heavy atom. The topological polar surface area (TPSA) is 142 Å². The number of urea groups is 1.